The van der Waals surface area contributed by atoms with Gasteiger partial charge in [-0.3, -0.25) is 9.69 Å². The first kappa shape index (κ1) is 11.5. The van der Waals surface area contributed by atoms with Gasteiger partial charge in [0.05, 0.1) is 0 Å². The average molecular weight is 213 g/mol. The Hall–Kier alpha value is -1.59. The van der Waals surface area contributed by atoms with Crippen molar-refractivity contribution in [3.63, 3.8) is 0 Å². The fourth-order valence-electron chi connectivity index (χ4n) is 1.40. The highest BCUT2D eigenvalue weighted by Gasteiger charge is 2.43. The predicted molar refractivity (Wildman–Crippen MR) is 48.6 cm³/mol. The van der Waals surface area contributed by atoms with E-state index in [1.54, 1.807) is 13.8 Å². The standard InChI is InChI=1S/C9H14N2O4/c1-9(2)7(14)11(8(15)10-9)5-3-4-6(12)13/h3-5H2,1-2H3,(H,10,15)(H,12,13)/p-1. The molecule has 1 saturated heterocycles. The number of nitrogens with zero attached hydrogens (tertiary/aromatic N) is 1. The highest BCUT2D eigenvalue weighted by atomic mass is 16.4. The molecule has 1 N–H and O–H groups in total. The van der Waals surface area contributed by atoms with E-state index in [9.17, 15) is 19.5 Å². The number of carboxylic acids is 1. The molecule has 0 aromatic heterocycles. The summed E-state index contributed by atoms with van der Waals surface area (Å²) in [5.74, 6) is -1.51. The zero-order valence-corrected chi connectivity index (χ0v) is 8.70. The largest absolute Gasteiger partial charge is 0.550 e. The van der Waals surface area contributed by atoms with Gasteiger partial charge in [-0.2, -0.15) is 0 Å². The van der Waals surface area contributed by atoms with Gasteiger partial charge in [0, 0.05) is 12.5 Å². The molecule has 1 aliphatic heterocycles. The molecule has 0 atom stereocenters. The maximum Gasteiger partial charge on any atom is 0.325 e. The third-order valence-corrected chi connectivity index (χ3v) is 2.21. The number of carboxylic acid groups (broad SMARTS) is 1. The third kappa shape index (κ3) is 2.45. The smallest absolute Gasteiger partial charge is 0.325 e. The van der Waals surface area contributed by atoms with Gasteiger partial charge in [-0.1, -0.05) is 0 Å². The van der Waals surface area contributed by atoms with Crippen molar-refractivity contribution in [2.24, 2.45) is 0 Å². The van der Waals surface area contributed by atoms with Crippen LogP contribution in [0, 0.1) is 0 Å². The number of amides is 3. The number of imide groups is 1. The molecule has 0 aromatic carbocycles. The summed E-state index contributed by atoms with van der Waals surface area (Å²) in [6, 6.07) is -0.469. The Kier molecular flexibility index (Phi) is 2.97. The van der Waals surface area contributed by atoms with Crippen LogP contribution < -0.4 is 10.4 Å². The summed E-state index contributed by atoms with van der Waals surface area (Å²) in [5.41, 5.74) is -0.890. The summed E-state index contributed by atoms with van der Waals surface area (Å²) in [4.78, 5) is 34.1. The molecule has 0 spiro atoms. The van der Waals surface area contributed by atoms with E-state index < -0.39 is 17.5 Å². The molecule has 0 aromatic rings. The SMILES string of the molecule is CC1(C)NC(=O)N(CCCC(=O)[O-])C1=O. The van der Waals surface area contributed by atoms with E-state index in [2.05, 4.69) is 5.32 Å². The molecule has 1 rings (SSSR count). The number of carbonyl (C=O) groups excluding carboxylic acids is 3. The van der Waals surface area contributed by atoms with E-state index in [1.807, 2.05) is 0 Å². The summed E-state index contributed by atoms with van der Waals surface area (Å²) >= 11 is 0. The van der Waals surface area contributed by atoms with Crippen LogP contribution in [0.1, 0.15) is 26.7 Å². The Balaban J connectivity index is 2.52. The molecule has 0 bridgehead atoms. The van der Waals surface area contributed by atoms with Crippen LogP contribution in [0.5, 0.6) is 0 Å². The molecule has 6 heteroatoms. The van der Waals surface area contributed by atoms with Gasteiger partial charge in [-0.05, 0) is 26.7 Å². The average Bonchev–Trinajstić information content (AvgIpc) is 2.26. The van der Waals surface area contributed by atoms with Crippen LogP contribution in [0.25, 0.3) is 0 Å². The molecule has 6 nitrogen and oxygen atoms in total. The van der Waals surface area contributed by atoms with Gasteiger partial charge in [-0.15, -0.1) is 0 Å². The fraction of sp³-hybridized carbons (Fsp3) is 0.667. The molecule has 15 heavy (non-hydrogen) atoms. The second-order valence-electron chi connectivity index (χ2n) is 3.99. The number of hydrogen-bond donors (Lipinski definition) is 1. The van der Waals surface area contributed by atoms with Crippen LogP contribution in [-0.4, -0.2) is 34.9 Å². The normalized spacial score (nSPS) is 19.2. The van der Waals surface area contributed by atoms with Crippen LogP contribution in [0.15, 0.2) is 0 Å². The quantitative estimate of drug-likeness (QED) is 0.597. The predicted octanol–water partition coefficient (Wildman–Crippen LogP) is -1.15. The summed E-state index contributed by atoms with van der Waals surface area (Å²) in [6.45, 7) is 3.32. The molecular formula is C9H13N2O4-. The van der Waals surface area contributed by atoms with Gasteiger partial charge in [-0.25, -0.2) is 4.79 Å². The number of nitrogens with one attached hydrogen (secondary N) is 1. The van der Waals surface area contributed by atoms with Crippen molar-refractivity contribution in [3.05, 3.63) is 0 Å². The Labute approximate surface area is 87.2 Å². The van der Waals surface area contributed by atoms with Crippen molar-refractivity contribution in [2.75, 3.05) is 6.54 Å². The van der Waals surface area contributed by atoms with Gasteiger partial charge in [0.1, 0.15) is 5.54 Å². The van der Waals surface area contributed by atoms with Crippen LogP contribution >= 0.6 is 0 Å². The third-order valence-electron chi connectivity index (χ3n) is 2.21. The summed E-state index contributed by atoms with van der Waals surface area (Å²) in [7, 11) is 0. The Morgan fingerprint density at radius 3 is 2.47 bits per heavy atom. The molecule has 84 valence electrons. The van der Waals surface area contributed by atoms with Crippen molar-refractivity contribution in [1.82, 2.24) is 10.2 Å². The molecule has 0 radical (unpaired) electrons. The van der Waals surface area contributed by atoms with Crippen LogP contribution in [0.4, 0.5) is 4.79 Å². The molecule has 0 saturated carbocycles. The van der Waals surface area contributed by atoms with Crippen molar-refractivity contribution in [3.8, 4) is 0 Å². The summed E-state index contributed by atoms with van der Waals surface area (Å²) in [5, 5.41) is 12.7. The van der Waals surface area contributed by atoms with Gasteiger partial charge in [0.15, 0.2) is 0 Å². The Morgan fingerprint density at radius 1 is 1.47 bits per heavy atom. The minimum Gasteiger partial charge on any atom is -0.550 e. The summed E-state index contributed by atoms with van der Waals surface area (Å²) in [6.07, 6.45) is 0.0645. The lowest BCUT2D eigenvalue weighted by atomic mass is 10.1. The number of aliphatic carboxylic acids is 1. The zero-order chi connectivity index (χ0) is 11.6. The second-order valence-corrected chi connectivity index (χ2v) is 3.99. The monoisotopic (exact) mass is 213 g/mol. The van der Waals surface area contributed by atoms with Gasteiger partial charge in [0.2, 0.25) is 0 Å². The number of urea groups is 1. The number of carbonyl (C=O) groups is 3. The maximum absolute atomic E-state index is 11.6. The fourth-order valence-corrected chi connectivity index (χ4v) is 1.40. The number of hydrogen-bond acceptors (Lipinski definition) is 4. The molecule has 3 amide bonds. The lowest BCUT2D eigenvalue weighted by molar-refractivity contribution is -0.305. The minimum atomic E-state index is -1.18. The first-order valence-corrected chi connectivity index (χ1v) is 4.68. The van der Waals surface area contributed by atoms with E-state index in [-0.39, 0.29) is 25.3 Å². The summed E-state index contributed by atoms with van der Waals surface area (Å²) < 4.78 is 0. The molecule has 1 fully saturated rings. The topological polar surface area (TPSA) is 89.5 Å². The van der Waals surface area contributed by atoms with Crippen molar-refractivity contribution in [1.29, 1.82) is 0 Å². The van der Waals surface area contributed by atoms with Crippen LogP contribution in [0.3, 0.4) is 0 Å². The molecule has 0 unspecified atom stereocenters. The Morgan fingerprint density at radius 2 is 2.07 bits per heavy atom. The molecule has 0 aliphatic carbocycles. The van der Waals surface area contributed by atoms with E-state index in [1.165, 1.54) is 0 Å². The van der Waals surface area contributed by atoms with Crippen molar-refractivity contribution < 1.29 is 19.5 Å². The van der Waals surface area contributed by atoms with Crippen molar-refractivity contribution >= 4 is 17.9 Å². The first-order chi connectivity index (χ1) is 6.84. The zero-order valence-electron chi connectivity index (χ0n) is 8.70. The lowest BCUT2D eigenvalue weighted by Gasteiger charge is -2.15. The molecule has 1 aliphatic rings. The van der Waals surface area contributed by atoms with Crippen LogP contribution in [-0.2, 0) is 9.59 Å². The van der Waals surface area contributed by atoms with Gasteiger partial charge in [0.25, 0.3) is 5.91 Å². The number of rotatable bonds is 4. The maximum atomic E-state index is 11.6. The van der Waals surface area contributed by atoms with Crippen LogP contribution in [0.2, 0.25) is 0 Å². The van der Waals surface area contributed by atoms with Gasteiger partial charge < -0.3 is 15.2 Å². The molecular weight excluding hydrogens is 200 g/mol. The van der Waals surface area contributed by atoms with E-state index in [0.717, 1.165) is 4.90 Å². The minimum absolute atomic E-state index is 0.113. The van der Waals surface area contributed by atoms with E-state index in [0.29, 0.717) is 0 Å². The Bertz CT molecular complexity index is 311. The first-order valence-electron chi connectivity index (χ1n) is 4.68. The van der Waals surface area contributed by atoms with E-state index >= 15 is 0 Å². The molecule has 1 heterocycles. The highest BCUT2D eigenvalue weighted by Crippen LogP contribution is 2.16. The van der Waals surface area contributed by atoms with Gasteiger partial charge >= 0.3 is 6.03 Å². The highest BCUT2D eigenvalue weighted by molar-refractivity contribution is 6.06. The van der Waals surface area contributed by atoms with Crippen molar-refractivity contribution in [2.45, 2.75) is 32.2 Å². The van der Waals surface area contributed by atoms with E-state index in [4.69, 9.17) is 0 Å². The second kappa shape index (κ2) is 3.88. The lowest BCUT2D eigenvalue weighted by Crippen LogP contribution is -2.40.